The van der Waals surface area contributed by atoms with E-state index in [1.807, 2.05) is 39.0 Å². The number of aryl methyl sites for hydroxylation is 2. The molecule has 0 saturated heterocycles. The Morgan fingerprint density at radius 1 is 1.32 bits per heavy atom. The van der Waals surface area contributed by atoms with Gasteiger partial charge in [0, 0.05) is 5.56 Å². The second-order valence-electron chi connectivity index (χ2n) is 4.79. The summed E-state index contributed by atoms with van der Waals surface area (Å²) in [7, 11) is 0. The Kier molecular flexibility index (Phi) is 5.70. The van der Waals surface area contributed by atoms with Crippen LogP contribution in [0.25, 0.3) is 0 Å². The molecule has 1 rings (SSSR count). The largest absolute Gasteiger partial charge is 0.481 e. The molecule has 2 N–H and O–H groups in total. The van der Waals surface area contributed by atoms with Crippen molar-refractivity contribution in [1.82, 2.24) is 5.32 Å². The minimum absolute atomic E-state index is 0.142. The fourth-order valence-corrected chi connectivity index (χ4v) is 1.94. The van der Waals surface area contributed by atoms with Gasteiger partial charge in [-0.25, -0.2) is 0 Å². The average Bonchev–Trinajstić information content (AvgIpc) is 2.36. The molecule has 0 saturated carbocycles. The Bertz CT molecular complexity index is 468. The van der Waals surface area contributed by atoms with Crippen LogP contribution in [0.15, 0.2) is 18.2 Å². The Morgan fingerprint density at radius 2 is 2.00 bits per heavy atom. The topological polar surface area (TPSA) is 66.4 Å². The minimum atomic E-state index is -0.966. The number of hydrogen-bond donors (Lipinski definition) is 2. The monoisotopic (exact) mass is 263 g/mol. The van der Waals surface area contributed by atoms with E-state index in [0.29, 0.717) is 12.1 Å². The van der Waals surface area contributed by atoms with E-state index in [1.165, 1.54) is 0 Å². The molecule has 0 amide bonds. The van der Waals surface area contributed by atoms with Crippen LogP contribution in [0.4, 0.5) is 0 Å². The third kappa shape index (κ3) is 4.48. The van der Waals surface area contributed by atoms with Crippen molar-refractivity contribution in [3.8, 4) is 0 Å². The summed E-state index contributed by atoms with van der Waals surface area (Å²) in [5, 5.41) is 11.9. The van der Waals surface area contributed by atoms with Gasteiger partial charge >= 0.3 is 5.97 Å². The smallest absolute Gasteiger partial charge is 0.305 e. The number of carboxylic acid groups (broad SMARTS) is 1. The SMILES string of the molecule is CCCNC(CC(=O)O)C(=O)c1cc(C)ccc1C. The lowest BCUT2D eigenvalue weighted by atomic mass is 9.96. The van der Waals surface area contributed by atoms with Crippen molar-refractivity contribution in [2.75, 3.05) is 6.54 Å². The molecule has 1 atom stereocenters. The molecule has 0 aliphatic rings. The van der Waals surface area contributed by atoms with Gasteiger partial charge in [-0.3, -0.25) is 9.59 Å². The van der Waals surface area contributed by atoms with Gasteiger partial charge in [0.05, 0.1) is 12.5 Å². The van der Waals surface area contributed by atoms with Crippen LogP contribution in [-0.2, 0) is 4.79 Å². The lowest BCUT2D eigenvalue weighted by Gasteiger charge is -2.17. The maximum absolute atomic E-state index is 12.4. The Balaban J connectivity index is 2.97. The minimum Gasteiger partial charge on any atom is -0.481 e. The molecule has 19 heavy (non-hydrogen) atoms. The van der Waals surface area contributed by atoms with Crippen LogP contribution >= 0.6 is 0 Å². The zero-order valence-electron chi connectivity index (χ0n) is 11.7. The number of aliphatic carboxylic acids is 1. The average molecular weight is 263 g/mol. The standard InChI is InChI=1S/C15H21NO3/c1-4-7-16-13(9-14(17)18)15(19)12-8-10(2)5-6-11(12)3/h5-6,8,13,16H,4,7,9H2,1-3H3,(H,17,18). The van der Waals surface area contributed by atoms with Gasteiger partial charge in [0.15, 0.2) is 5.78 Å². The van der Waals surface area contributed by atoms with Crippen LogP contribution in [-0.4, -0.2) is 29.4 Å². The number of ketones is 1. The van der Waals surface area contributed by atoms with Crippen LogP contribution in [0.2, 0.25) is 0 Å². The molecule has 0 radical (unpaired) electrons. The molecule has 0 fully saturated rings. The van der Waals surface area contributed by atoms with Gasteiger partial charge in [0.2, 0.25) is 0 Å². The number of carbonyl (C=O) groups is 2. The first-order chi connectivity index (χ1) is 8.95. The number of nitrogens with one attached hydrogen (secondary N) is 1. The second-order valence-corrected chi connectivity index (χ2v) is 4.79. The van der Waals surface area contributed by atoms with Gasteiger partial charge in [0.25, 0.3) is 0 Å². The molecule has 0 aliphatic heterocycles. The van der Waals surface area contributed by atoms with Crippen LogP contribution in [0.3, 0.4) is 0 Å². The summed E-state index contributed by atoms with van der Waals surface area (Å²) in [5.74, 6) is -1.11. The molecule has 1 aromatic rings. The quantitative estimate of drug-likeness (QED) is 0.741. The molecule has 0 heterocycles. The molecule has 0 spiro atoms. The van der Waals surface area contributed by atoms with Crippen LogP contribution < -0.4 is 5.32 Å². The molecule has 0 bridgehead atoms. The molecule has 1 unspecified atom stereocenters. The summed E-state index contributed by atoms with van der Waals surface area (Å²) in [6.45, 7) is 6.40. The third-order valence-electron chi connectivity index (χ3n) is 2.99. The number of carboxylic acids is 1. The van der Waals surface area contributed by atoms with E-state index in [-0.39, 0.29) is 12.2 Å². The van der Waals surface area contributed by atoms with Crippen molar-refractivity contribution in [3.05, 3.63) is 34.9 Å². The normalized spacial score (nSPS) is 12.2. The molecular weight excluding hydrogens is 242 g/mol. The van der Waals surface area contributed by atoms with Gasteiger partial charge in [-0.1, -0.05) is 24.6 Å². The van der Waals surface area contributed by atoms with Crippen molar-refractivity contribution >= 4 is 11.8 Å². The number of hydrogen-bond acceptors (Lipinski definition) is 3. The van der Waals surface area contributed by atoms with Crippen LogP contribution in [0.1, 0.15) is 41.3 Å². The number of Topliss-reactive ketones (excluding diaryl/α,β-unsaturated/α-hetero) is 1. The Hall–Kier alpha value is -1.68. The fourth-order valence-electron chi connectivity index (χ4n) is 1.94. The second kappa shape index (κ2) is 7.04. The maximum atomic E-state index is 12.4. The highest BCUT2D eigenvalue weighted by Gasteiger charge is 2.23. The summed E-state index contributed by atoms with van der Waals surface area (Å²) in [6, 6.07) is 5.00. The molecular formula is C15H21NO3. The van der Waals surface area contributed by atoms with Crippen molar-refractivity contribution in [3.63, 3.8) is 0 Å². The van der Waals surface area contributed by atoms with Crippen molar-refractivity contribution in [2.24, 2.45) is 0 Å². The van der Waals surface area contributed by atoms with E-state index in [4.69, 9.17) is 5.11 Å². The molecule has 1 aromatic carbocycles. The van der Waals surface area contributed by atoms with Gasteiger partial charge in [0.1, 0.15) is 0 Å². The highest BCUT2D eigenvalue weighted by molar-refractivity contribution is 6.02. The Morgan fingerprint density at radius 3 is 2.58 bits per heavy atom. The highest BCUT2D eigenvalue weighted by atomic mass is 16.4. The van der Waals surface area contributed by atoms with E-state index < -0.39 is 12.0 Å². The first kappa shape index (κ1) is 15.4. The van der Waals surface area contributed by atoms with Gasteiger partial charge in [-0.15, -0.1) is 0 Å². The molecule has 0 aliphatic carbocycles. The van der Waals surface area contributed by atoms with Crippen molar-refractivity contribution < 1.29 is 14.7 Å². The zero-order valence-corrected chi connectivity index (χ0v) is 11.7. The van der Waals surface area contributed by atoms with E-state index in [2.05, 4.69) is 5.32 Å². The van der Waals surface area contributed by atoms with E-state index >= 15 is 0 Å². The van der Waals surface area contributed by atoms with Crippen molar-refractivity contribution in [2.45, 2.75) is 39.7 Å². The summed E-state index contributed by atoms with van der Waals surface area (Å²) >= 11 is 0. The number of carbonyl (C=O) groups excluding carboxylic acids is 1. The summed E-state index contributed by atoms with van der Waals surface area (Å²) in [6.07, 6.45) is 0.669. The van der Waals surface area contributed by atoms with Crippen LogP contribution in [0.5, 0.6) is 0 Å². The first-order valence-corrected chi connectivity index (χ1v) is 6.52. The molecule has 0 aromatic heterocycles. The van der Waals surface area contributed by atoms with Gasteiger partial charge < -0.3 is 10.4 Å². The summed E-state index contributed by atoms with van der Waals surface area (Å²) in [4.78, 5) is 23.3. The molecule has 4 heteroatoms. The van der Waals surface area contributed by atoms with Crippen LogP contribution in [0, 0.1) is 13.8 Å². The van der Waals surface area contributed by atoms with Gasteiger partial charge in [-0.05, 0) is 38.4 Å². The lowest BCUT2D eigenvalue weighted by molar-refractivity contribution is -0.137. The summed E-state index contributed by atoms with van der Waals surface area (Å²) in [5.41, 5.74) is 2.48. The van der Waals surface area contributed by atoms with E-state index in [1.54, 1.807) is 0 Å². The molecule has 104 valence electrons. The predicted octanol–water partition coefficient (Wildman–Crippen LogP) is 2.33. The predicted molar refractivity (Wildman–Crippen MR) is 74.6 cm³/mol. The number of benzene rings is 1. The molecule has 4 nitrogen and oxygen atoms in total. The zero-order chi connectivity index (χ0) is 14.4. The fraction of sp³-hybridized carbons (Fsp3) is 0.467. The first-order valence-electron chi connectivity index (χ1n) is 6.52. The van der Waals surface area contributed by atoms with Gasteiger partial charge in [-0.2, -0.15) is 0 Å². The van der Waals surface area contributed by atoms with E-state index in [9.17, 15) is 9.59 Å². The number of rotatable bonds is 7. The maximum Gasteiger partial charge on any atom is 0.305 e. The lowest BCUT2D eigenvalue weighted by Crippen LogP contribution is -2.39. The Labute approximate surface area is 113 Å². The van der Waals surface area contributed by atoms with Crippen molar-refractivity contribution in [1.29, 1.82) is 0 Å². The summed E-state index contributed by atoms with van der Waals surface area (Å²) < 4.78 is 0. The highest BCUT2D eigenvalue weighted by Crippen LogP contribution is 2.14. The van der Waals surface area contributed by atoms with E-state index in [0.717, 1.165) is 17.5 Å². The third-order valence-corrected chi connectivity index (χ3v) is 2.99.